The van der Waals surface area contributed by atoms with Crippen LogP contribution in [0.4, 0.5) is 0 Å². The van der Waals surface area contributed by atoms with Gasteiger partial charge in [0.2, 0.25) is 0 Å². The van der Waals surface area contributed by atoms with Crippen molar-refractivity contribution in [2.24, 2.45) is 13.0 Å². The summed E-state index contributed by atoms with van der Waals surface area (Å²) in [4.78, 5) is 0. The van der Waals surface area contributed by atoms with Crippen molar-refractivity contribution in [3.8, 4) is 0 Å². The number of hydrogen-bond acceptors (Lipinski definition) is 2. The highest BCUT2D eigenvalue weighted by molar-refractivity contribution is 5.03. The van der Waals surface area contributed by atoms with E-state index in [9.17, 15) is 0 Å². The number of rotatable bonds is 7. The lowest BCUT2D eigenvalue weighted by Gasteiger charge is -2.11. The molecular formula is C13H23N3. The van der Waals surface area contributed by atoms with E-state index in [0.717, 1.165) is 24.9 Å². The Balaban J connectivity index is 1.51. The van der Waals surface area contributed by atoms with Gasteiger partial charge in [0.25, 0.3) is 0 Å². The number of aromatic nitrogens is 2. The van der Waals surface area contributed by atoms with Crippen molar-refractivity contribution in [2.45, 2.75) is 45.1 Å². The number of aryl methyl sites for hydroxylation is 2. The Morgan fingerprint density at radius 1 is 1.50 bits per heavy atom. The van der Waals surface area contributed by atoms with Gasteiger partial charge in [0.1, 0.15) is 0 Å². The van der Waals surface area contributed by atoms with E-state index in [2.05, 4.69) is 23.5 Å². The molecule has 0 aromatic carbocycles. The van der Waals surface area contributed by atoms with Crippen LogP contribution in [0.15, 0.2) is 12.4 Å². The molecule has 1 aromatic heterocycles. The monoisotopic (exact) mass is 221 g/mol. The van der Waals surface area contributed by atoms with E-state index in [1.54, 1.807) is 0 Å². The first-order valence-electron chi connectivity index (χ1n) is 6.46. The number of nitrogens with one attached hydrogen (secondary N) is 1. The number of hydrogen-bond donors (Lipinski definition) is 1. The largest absolute Gasteiger partial charge is 0.314 e. The fourth-order valence-corrected chi connectivity index (χ4v) is 2.15. The van der Waals surface area contributed by atoms with Crippen LogP contribution >= 0.6 is 0 Å². The molecule has 3 heteroatoms. The van der Waals surface area contributed by atoms with Gasteiger partial charge in [-0.2, -0.15) is 5.10 Å². The molecule has 90 valence electrons. The Morgan fingerprint density at radius 2 is 2.31 bits per heavy atom. The van der Waals surface area contributed by atoms with Gasteiger partial charge < -0.3 is 5.32 Å². The Labute approximate surface area is 98.2 Å². The molecule has 1 aliphatic carbocycles. The lowest BCUT2D eigenvalue weighted by molar-refractivity contribution is 0.484. The maximum atomic E-state index is 4.18. The summed E-state index contributed by atoms with van der Waals surface area (Å²) < 4.78 is 1.88. The smallest absolute Gasteiger partial charge is 0.0521 e. The Bertz CT molecular complexity index is 315. The third-order valence-corrected chi connectivity index (χ3v) is 3.45. The maximum absolute atomic E-state index is 4.18. The van der Waals surface area contributed by atoms with Crippen molar-refractivity contribution < 1.29 is 0 Å². The second-order valence-corrected chi connectivity index (χ2v) is 5.06. The van der Waals surface area contributed by atoms with E-state index in [4.69, 9.17) is 0 Å². The zero-order valence-corrected chi connectivity index (χ0v) is 10.4. The van der Waals surface area contributed by atoms with Gasteiger partial charge in [0.15, 0.2) is 0 Å². The molecule has 1 aromatic rings. The normalized spacial score (nSPS) is 17.6. The van der Waals surface area contributed by atoms with Crippen molar-refractivity contribution >= 4 is 0 Å². The zero-order valence-electron chi connectivity index (χ0n) is 10.4. The minimum absolute atomic E-state index is 0.735. The predicted octanol–water partition coefficient (Wildman–Crippen LogP) is 2.13. The number of unbranched alkanes of at least 4 members (excludes halogenated alkanes) is 1. The lowest BCUT2D eigenvalue weighted by Crippen LogP contribution is -2.28. The molecular weight excluding hydrogens is 198 g/mol. The fraction of sp³-hybridized carbons (Fsp3) is 0.769. The van der Waals surface area contributed by atoms with Gasteiger partial charge in [-0.25, -0.2) is 0 Å². The Hall–Kier alpha value is -0.830. The molecule has 1 aliphatic rings. The summed E-state index contributed by atoms with van der Waals surface area (Å²) in [5.41, 5.74) is 1.36. The fourth-order valence-electron chi connectivity index (χ4n) is 2.15. The van der Waals surface area contributed by atoms with Crippen LogP contribution in [0.5, 0.6) is 0 Å². The molecule has 1 atom stereocenters. The van der Waals surface area contributed by atoms with Gasteiger partial charge >= 0.3 is 0 Å². The van der Waals surface area contributed by atoms with Crippen molar-refractivity contribution in [2.75, 3.05) is 6.54 Å². The molecule has 3 nitrogen and oxygen atoms in total. The van der Waals surface area contributed by atoms with E-state index in [1.807, 2.05) is 17.9 Å². The summed E-state index contributed by atoms with van der Waals surface area (Å²) in [5.74, 6) is 0.971. The minimum Gasteiger partial charge on any atom is -0.314 e. The van der Waals surface area contributed by atoms with Gasteiger partial charge in [0, 0.05) is 19.3 Å². The van der Waals surface area contributed by atoms with E-state index < -0.39 is 0 Å². The molecule has 0 radical (unpaired) electrons. The molecule has 0 amide bonds. The predicted molar refractivity (Wildman–Crippen MR) is 66.3 cm³/mol. The average Bonchev–Trinajstić information content (AvgIpc) is 3.03. The second kappa shape index (κ2) is 5.48. The van der Waals surface area contributed by atoms with Gasteiger partial charge in [-0.15, -0.1) is 0 Å². The molecule has 0 aliphatic heterocycles. The van der Waals surface area contributed by atoms with Crippen molar-refractivity contribution in [1.82, 2.24) is 15.1 Å². The standard InChI is InChI=1S/C13H23N3/c1-11(13-6-7-13)14-8-4-3-5-12-9-15-16(2)10-12/h9-11,13-14H,3-8H2,1-2H3. The molecule has 0 bridgehead atoms. The third-order valence-electron chi connectivity index (χ3n) is 3.45. The molecule has 1 saturated carbocycles. The molecule has 16 heavy (non-hydrogen) atoms. The van der Waals surface area contributed by atoms with Gasteiger partial charge in [0.05, 0.1) is 6.20 Å². The molecule has 2 rings (SSSR count). The van der Waals surface area contributed by atoms with Gasteiger partial charge in [-0.05, 0) is 57.1 Å². The molecule has 1 N–H and O–H groups in total. The van der Waals surface area contributed by atoms with Crippen molar-refractivity contribution in [1.29, 1.82) is 0 Å². The topological polar surface area (TPSA) is 29.9 Å². The highest BCUT2D eigenvalue weighted by atomic mass is 15.2. The number of nitrogens with zero attached hydrogens (tertiary/aromatic N) is 2. The van der Waals surface area contributed by atoms with Crippen LogP contribution in [0.1, 0.15) is 38.2 Å². The van der Waals surface area contributed by atoms with Gasteiger partial charge in [-0.3, -0.25) is 4.68 Å². The first-order chi connectivity index (χ1) is 7.75. The van der Waals surface area contributed by atoms with Crippen LogP contribution in [-0.4, -0.2) is 22.4 Å². The lowest BCUT2D eigenvalue weighted by atomic mass is 10.1. The van der Waals surface area contributed by atoms with Crippen LogP contribution in [-0.2, 0) is 13.5 Å². The third kappa shape index (κ3) is 3.63. The summed E-state index contributed by atoms with van der Waals surface area (Å²) in [5, 5.41) is 7.79. The Morgan fingerprint density at radius 3 is 2.94 bits per heavy atom. The zero-order chi connectivity index (χ0) is 11.4. The molecule has 0 spiro atoms. The van der Waals surface area contributed by atoms with E-state index in [1.165, 1.54) is 31.2 Å². The SMILES string of the molecule is CC(NCCCCc1cnn(C)c1)C1CC1. The average molecular weight is 221 g/mol. The highest BCUT2D eigenvalue weighted by Crippen LogP contribution is 2.32. The molecule has 1 unspecified atom stereocenters. The van der Waals surface area contributed by atoms with Crippen LogP contribution in [0.2, 0.25) is 0 Å². The van der Waals surface area contributed by atoms with E-state index in [0.29, 0.717) is 0 Å². The summed E-state index contributed by atoms with van der Waals surface area (Å²) >= 11 is 0. The van der Waals surface area contributed by atoms with Crippen molar-refractivity contribution in [3.05, 3.63) is 18.0 Å². The van der Waals surface area contributed by atoms with E-state index in [-0.39, 0.29) is 0 Å². The van der Waals surface area contributed by atoms with Crippen LogP contribution in [0.25, 0.3) is 0 Å². The highest BCUT2D eigenvalue weighted by Gasteiger charge is 2.26. The van der Waals surface area contributed by atoms with Crippen molar-refractivity contribution in [3.63, 3.8) is 0 Å². The first kappa shape index (κ1) is 11.6. The van der Waals surface area contributed by atoms with Crippen LogP contribution < -0.4 is 5.32 Å². The van der Waals surface area contributed by atoms with Gasteiger partial charge in [-0.1, -0.05) is 0 Å². The van der Waals surface area contributed by atoms with Crippen LogP contribution in [0, 0.1) is 5.92 Å². The second-order valence-electron chi connectivity index (χ2n) is 5.06. The quantitative estimate of drug-likeness (QED) is 0.715. The molecule has 0 saturated heterocycles. The summed E-state index contributed by atoms with van der Waals surface area (Å²) in [7, 11) is 1.97. The maximum Gasteiger partial charge on any atom is 0.0521 e. The summed E-state index contributed by atoms with van der Waals surface area (Å²) in [6.07, 6.45) is 10.6. The molecule has 1 fully saturated rings. The summed E-state index contributed by atoms with van der Waals surface area (Å²) in [6, 6.07) is 0.735. The first-order valence-corrected chi connectivity index (χ1v) is 6.46. The van der Waals surface area contributed by atoms with Crippen LogP contribution in [0.3, 0.4) is 0 Å². The van der Waals surface area contributed by atoms with E-state index >= 15 is 0 Å². The molecule has 1 heterocycles. The minimum atomic E-state index is 0.735. The summed E-state index contributed by atoms with van der Waals surface area (Å²) in [6.45, 7) is 3.48. The Kier molecular flexibility index (Phi) is 3.99.